The summed E-state index contributed by atoms with van der Waals surface area (Å²) < 4.78 is 5.47. The first-order valence-electron chi connectivity index (χ1n) is 4.92. The van der Waals surface area contributed by atoms with E-state index in [0.29, 0.717) is 0 Å². The van der Waals surface area contributed by atoms with Gasteiger partial charge in [0.25, 0.3) is 0 Å². The van der Waals surface area contributed by atoms with E-state index < -0.39 is 0 Å². The van der Waals surface area contributed by atoms with E-state index in [0.717, 1.165) is 32.8 Å². The van der Waals surface area contributed by atoms with Gasteiger partial charge in [0, 0.05) is 25.7 Å². The lowest BCUT2D eigenvalue weighted by Crippen LogP contribution is -2.68. The maximum absolute atomic E-state index is 9.04. The van der Waals surface area contributed by atoms with Gasteiger partial charge in [0.2, 0.25) is 0 Å². The fourth-order valence-corrected chi connectivity index (χ4v) is 2.12. The molecule has 2 N–H and O–H groups in total. The number of nitrogens with zero attached hydrogens (tertiary/aromatic N) is 1. The van der Waals surface area contributed by atoms with Crippen LogP contribution in [-0.4, -0.2) is 61.0 Å². The summed E-state index contributed by atoms with van der Waals surface area (Å²) in [5.74, 6) is 0. The maximum Gasteiger partial charge on any atom is 0.0660 e. The summed E-state index contributed by atoms with van der Waals surface area (Å²) in [6.45, 7) is 6.93. The Balaban J connectivity index is 2.01. The third kappa shape index (κ3) is 1.72. The Hall–Kier alpha value is -0.160. The Morgan fingerprint density at radius 1 is 1.69 bits per heavy atom. The number of hydrogen-bond acceptors (Lipinski definition) is 4. The molecule has 4 nitrogen and oxygen atoms in total. The second-order valence-electron chi connectivity index (χ2n) is 4.26. The number of piperazine rings is 1. The van der Waals surface area contributed by atoms with E-state index in [9.17, 15) is 0 Å². The Bertz CT molecular complexity index is 188. The third-order valence-corrected chi connectivity index (χ3v) is 3.11. The average Bonchev–Trinajstić information content (AvgIpc) is 2.16. The highest BCUT2D eigenvalue weighted by Crippen LogP contribution is 2.22. The molecule has 2 saturated heterocycles. The zero-order valence-corrected chi connectivity index (χ0v) is 8.12. The zero-order chi connectivity index (χ0) is 9.31. The Labute approximate surface area is 78.9 Å². The predicted molar refractivity (Wildman–Crippen MR) is 49.7 cm³/mol. The van der Waals surface area contributed by atoms with E-state index in [1.165, 1.54) is 0 Å². The zero-order valence-electron chi connectivity index (χ0n) is 8.12. The van der Waals surface area contributed by atoms with Crippen molar-refractivity contribution in [1.82, 2.24) is 10.2 Å². The Morgan fingerprint density at radius 2 is 2.54 bits per heavy atom. The van der Waals surface area contributed by atoms with Gasteiger partial charge in [0.1, 0.15) is 0 Å². The first-order chi connectivity index (χ1) is 6.24. The number of aliphatic hydroxyl groups excluding tert-OH is 1. The van der Waals surface area contributed by atoms with Crippen LogP contribution < -0.4 is 5.32 Å². The lowest BCUT2D eigenvalue weighted by Gasteiger charge is -2.50. The van der Waals surface area contributed by atoms with Gasteiger partial charge in [-0.1, -0.05) is 0 Å². The molecule has 0 aromatic rings. The van der Waals surface area contributed by atoms with Crippen LogP contribution in [0.5, 0.6) is 0 Å². The van der Waals surface area contributed by atoms with Crippen molar-refractivity contribution in [3.63, 3.8) is 0 Å². The fraction of sp³-hybridized carbons (Fsp3) is 1.00. The molecule has 0 amide bonds. The van der Waals surface area contributed by atoms with E-state index in [2.05, 4.69) is 17.1 Å². The molecule has 0 bridgehead atoms. The number of fused-ring (bicyclic) bond motifs is 1. The molecule has 0 saturated carbocycles. The normalized spacial score (nSPS) is 41.5. The average molecular weight is 186 g/mol. The van der Waals surface area contributed by atoms with Gasteiger partial charge < -0.3 is 15.2 Å². The molecule has 2 heterocycles. The number of aliphatic hydroxyl groups is 1. The topological polar surface area (TPSA) is 44.7 Å². The van der Waals surface area contributed by atoms with Crippen molar-refractivity contribution in [3.05, 3.63) is 0 Å². The smallest absolute Gasteiger partial charge is 0.0660 e. The van der Waals surface area contributed by atoms with Crippen LogP contribution >= 0.6 is 0 Å². The summed E-state index contributed by atoms with van der Waals surface area (Å²) >= 11 is 0. The van der Waals surface area contributed by atoms with Crippen LogP contribution in [-0.2, 0) is 4.74 Å². The van der Waals surface area contributed by atoms with Crippen LogP contribution in [0.25, 0.3) is 0 Å². The molecule has 0 radical (unpaired) electrons. The van der Waals surface area contributed by atoms with Gasteiger partial charge in [0.05, 0.1) is 25.4 Å². The van der Waals surface area contributed by atoms with E-state index in [4.69, 9.17) is 9.84 Å². The molecule has 1 unspecified atom stereocenters. The fourth-order valence-electron chi connectivity index (χ4n) is 2.12. The number of ether oxygens (including phenoxy) is 1. The van der Waals surface area contributed by atoms with Crippen molar-refractivity contribution in [2.24, 2.45) is 0 Å². The predicted octanol–water partition coefficient (Wildman–Crippen LogP) is -0.959. The van der Waals surface area contributed by atoms with Gasteiger partial charge in [-0.15, -0.1) is 0 Å². The first kappa shape index (κ1) is 9.40. The summed E-state index contributed by atoms with van der Waals surface area (Å²) in [5.41, 5.74) is 0.143. The number of hydrogen-bond donors (Lipinski definition) is 2. The summed E-state index contributed by atoms with van der Waals surface area (Å²) in [5, 5.41) is 12.4. The van der Waals surface area contributed by atoms with Crippen LogP contribution in [0, 0.1) is 0 Å². The van der Waals surface area contributed by atoms with Crippen LogP contribution in [0.2, 0.25) is 0 Å². The molecule has 2 aliphatic rings. The van der Waals surface area contributed by atoms with Crippen molar-refractivity contribution in [2.45, 2.75) is 18.5 Å². The highest BCUT2D eigenvalue weighted by Gasteiger charge is 2.39. The molecule has 0 spiro atoms. The minimum atomic E-state index is 0.143. The molecule has 2 aliphatic heterocycles. The largest absolute Gasteiger partial charge is 0.395 e. The Kier molecular flexibility index (Phi) is 2.55. The van der Waals surface area contributed by atoms with Crippen LogP contribution in [0.3, 0.4) is 0 Å². The Morgan fingerprint density at radius 3 is 3.31 bits per heavy atom. The molecule has 0 aliphatic carbocycles. The van der Waals surface area contributed by atoms with Gasteiger partial charge in [-0.05, 0) is 6.92 Å². The van der Waals surface area contributed by atoms with Crippen molar-refractivity contribution in [3.8, 4) is 0 Å². The molecule has 76 valence electrons. The number of morpholine rings is 1. The monoisotopic (exact) mass is 186 g/mol. The summed E-state index contributed by atoms with van der Waals surface area (Å²) in [4.78, 5) is 2.42. The van der Waals surface area contributed by atoms with Gasteiger partial charge in [-0.25, -0.2) is 0 Å². The van der Waals surface area contributed by atoms with Crippen molar-refractivity contribution in [1.29, 1.82) is 0 Å². The molecular formula is C9H18N2O2. The lowest BCUT2D eigenvalue weighted by molar-refractivity contribution is -0.0821. The quantitative estimate of drug-likeness (QED) is 0.554. The SMILES string of the molecule is CC12CN[C@H](CO)CN1CCOC2. The minimum Gasteiger partial charge on any atom is -0.395 e. The standard InChI is InChI=1S/C9H18N2O2/c1-9-6-10-8(5-12)4-11(9)2-3-13-7-9/h8,10,12H,2-7H2,1H3/t8-,9?/m0/s1. The summed E-state index contributed by atoms with van der Waals surface area (Å²) in [6.07, 6.45) is 0. The molecule has 13 heavy (non-hydrogen) atoms. The summed E-state index contributed by atoms with van der Waals surface area (Å²) in [7, 11) is 0. The summed E-state index contributed by atoms with van der Waals surface area (Å²) in [6, 6.07) is 0.242. The number of rotatable bonds is 1. The van der Waals surface area contributed by atoms with E-state index in [-0.39, 0.29) is 18.2 Å². The molecule has 2 atom stereocenters. The highest BCUT2D eigenvalue weighted by molar-refractivity contribution is 4.97. The lowest BCUT2D eigenvalue weighted by atomic mass is 9.95. The van der Waals surface area contributed by atoms with Gasteiger partial charge >= 0.3 is 0 Å². The molecule has 4 heteroatoms. The second kappa shape index (κ2) is 3.53. The van der Waals surface area contributed by atoms with Crippen LogP contribution in [0.15, 0.2) is 0 Å². The second-order valence-corrected chi connectivity index (χ2v) is 4.26. The molecular weight excluding hydrogens is 168 g/mol. The van der Waals surface area contributed by atoms with E-state index >= 15 is 0 Å². The molecule has 2 fully saturated rings. The molecule has 0 aromatic carbocycles. The number of nitrogens with one attached hydrogen (secondary N) is 1. The van der Waals surface area contributed by atoms with Crippen molar-refractivity contribution in [2.75, 3.05) is 39.5 Å². The van der Waals surface area contributed by atoms with Gasteiger partial charge in [0.15, 0.2) is 0 Å². The van der Waals surface area contributed by atoms with E-state index in [1.807, 2.05) is 0 Å². The third-order valence-electron chi connectivity index (χ3n) is 3.11. The van der Waals surface area contributed by atoms with E-state index in [1.54, 1.807) is 0 Å². The van der Waals surface area contributed by atoms with Gasteiger partial charge in [-0.3, -0.25) is 4.90 Å². The first-order valence-corrected chi connectivity index (χ1v) is 4.92. The highest BCUT2D eigenvalue weighted by atomic mass is 16.5. The van der Waals surface area contributed by atoms with Crippen LogP contribution in [0.1, 0.15) is 6.92 Å². The van der Waals surface area contributed by atoms with Crippen LogP contribution in [0.4, 0.5) is 0 Å². The maximum atomic E-state index is 9.04. The minimum absolute atomic E-state index is 0.143. The van der Waals surface area contributed by atoms with Crippen molar-refractivity contribution >= 4 is 0 Å². The molecule has 0 aromatic heterocycles. The van der Waals surface area contributed by atoms with Gasteiger partial charge in [-0.2, -0.15) is 0 Å². The molecule has 2 rings (SSSR count). The van der Waals surface area contributed by atoms with Crippen molar-refractivity contribution < 1.29 is 9.84 Å².